The summed E-state index contributed by atoms with van der Waals surface area (Å²) >= 11 is 0. The van der Waals surface area contributed by atoms with Gasteiger partial charge in [0.05, 0.1) is 12.1 Å². The van der Waals surface area contributed by atoms with E-state index in [4.69, 9.17) is 0 Å². The molecule has 2 aromatic rings. The molecule has 0 spiro atoms. The van der Waals surface area contributed by atoms with Gasteiger partial charge in [-0.2, -0.15) is 0 Å². The van der Waals surface area contributed by atoms with Gasteiger partial charge in [-0.15, -0.1) is 0 Å². The molecule has 23 heavy (non-hydrogen) atoms. The number of amides is 1. The van der Waals surface area contributed by atoms with Crippen LogP contribution in [-0.2, 0) is 6.42 Å². The maximum Gasteiger partial charge on any atom is 0.268 e. The van der Waals surface area contributed by atoms with Crippen LogP contribution in [0.3, 0.4) is 0 Å². The second-order valence-corrected chi connectivity index (χ2v) is 6.46. The Kier molecular flexibility index (Phi) is 4.26. The molecule has 0 bridgehead atoms. The Bertz CT molecular complexity index is 731. The third kappa shape index (κ3) is 2.91. The van der Waals surface area contributed by atoms with Crippen molar-refractivity contribution in [3.63, 3.8) is 0 Å². The van der Waals surface area contributed by atoms with Crippen LogP contribution < -0.4 is 5.32 Å². The van der Waals surface area contributed by atoms with Gasteiger partial charge in [-0.05, 0) is 56.7 Å². The molecule has 3 rings (SSSR count). The van der Waals surface area contributed by atoms with Gasteiger partial charge in [-0.3, -0.25) is 4.79 Å². The fourth-order valence-electron chi connectivity index (χ4n) is 3.75. The highest BCUT2D eigenvalue weighted by molar-refractivity contribution is 5.94. The number of aromatic nitrogens is 1. The maximum atomic E-state index is 12.7. The molecule has 0 saturated carbocycles. The minimum absolute atomic E-state index is 0.0606. The lowest BCUT2D eigenvalue weighted by Gasteiger charge is -2.26. The Morgan fingerprint density at radius 1 is 1.35 bits per heavy atom. The van der Waals surface area contributed by atoms with E-state index in [1.54, 1.807) is 6.92 Å². The molecule has 1 heterocycles. The quantitative estimate of drug-likeness (QED) is 0.812. The SMILES string of the molecule is Cc1[nH]c(C(=O)N[C@@H]2CCCc3ccccc32)c(C)c1[C@@H](C)O. The smallest absolute Gasteiger partial charge is 0.268 e. The molecule has 4 heteroatoms. The molecule has 1 aromatic heterocycles. The third-order valence-electron chi connectivity index (χ3n) is 4.82. The number of hydrogen-bond donors (Lipinski definition) is 3. The van der Waals surface area contributed by atoms with Gasteiger partial charge >= 0.3 is 0 Å². The Morgan fingerprint density at radius 2 is 2.09 bits per heavy atom. The summed E-state index contributed by atoms with van der Waals surface area (Å²) in [6, 6.07) is 8.39. The molecule has 0 aliphatic heterocycles. The summed E-state index contributed by atoms with van der Waals surface area (Å²) in [6.07, 6.45) is 2.55. The van der Waals surface area contributed by atoms with Gasteiger partial charge in [0.15, 0.2) is 0 Å². The molecule has 0 unspecified atom stereocenters. The monoisotopic (exact) mass is 312 g/mol. The predicted octanol–water partition coefficient (Wildman–Crippen LogP) is 3.49. The standard InChI is InChI=1S/C19H24N2O2/c1-11-17(13(3)22)12(2)20-18(11)19(23)21-16-10-6-8-14-7-4-5-9-15(14)16/h4-5,7,9,13,16,20,22H,6,8,10H2,1-3H3,(H,21,23)/t13-,16-/m1/s1. The van der Waals surface area contributed by atoms with Crippen molar-refractivity contribution in [2.45, 2.75) is 52.2 Å². The largest absolute Gasteiger partial charge is 0.389 e. The first-order chi connectivity index (χ1) is 11.0. The number of H-pyrrole nitrogens is 1. The first-order valence-corrected chi connectivity index (χ1v) is 8.24. The van der Waals surface area contributed by atoms with Crippen LogP contribution in [-0.4, -0.2) is 16.0 Å². The van der Waals surface area contributed by atoms with Crippen molar-refractivity contribution in [1.29, 1.82) is 0 Å². The normalized spacial score (nSPS) is 18.3. The van der Waals surface area contributed by atoms with Crippen molar-refractivity contribution in [1.82, 2.24) is 10.3 Å². The van der Waals surface area contributed by atoms with Crippen LogP contribution in [0.4, 0.5) is 0 Å². The van der Waals surface area contributed by atoms with Crippen LogP contribution in [0.15, 0.2) is 24.3 Å². The van der Waals surface area contributed by atoms with E-state index < -0.39 is 6.10 Å². The highest BCUT2D eigenvalue weighted by Gasteiger charge is 2.25. The number of rotatable bonds is 3. The Morgan fingerprint density at radius 3 is 2.78 bits per heavy atom. The zero-order chi connectivity index (χ0) is 16.6. The lowest BCUT2D eigenvalue weighted by atomic mass is 9.87. The van der Waals surface area contributed by atoms with Crippen LogP contribution in [0.25, 0.3) is 0 Å². The molecule has 122 valence electrons. The van der Waals surface area contributed by atoms with Gasteiger partial charge in [0.1, 0.15) is 5.69 Å². The number of carbonyl (C=O) groups excluding carboxylic acids is 1. The maximum absolute atomic E-state index is 12.7. The Labute approximate surface area is 136 Å². The number of aromatic amines is 1. The van der Waals surface area contributed by atoms with Gasteiger partial charge in [0.25, 0.3) is 5.91 Å². The van der Waals surface area contributed by atoms with Gasteiger partial charge in [-0.25, -0.2) is 0 Å². The van der Waals surface area contributed by atoms with E-state index in [1.807, 2.05) is 19.9 Å². The minimum Gasteiger partial charge on any atom is -0.389 e. The lowest BCUT2D eigenvalue weighted by molar-refractivity contribution is 0.0927. The van der Waals surface area contributed by atoms with Crippen molar-refractivity contribution < 1.29 is 9.90 Å². The van der Waals surface area contributed by atoms with Crippen LogP contribution in [0.2, 0.25) is 0 Å². The molecule has 0 fully saturated rings. The predicted molar refractivity (Wildman–Crippen MR) is 90.5 cm³/mol. The molecule has 1 aliphatic carbocycles. The van der Waals surface area contributed by atoms with Crippen LogP contribution in [0, 0.1) is 13.8 Å². The number of aliphatic hydroxyl groups is 1. The second-order valence-electron chi connectivity index (χ2n) is 6.46. The molecule has 4 nitrogen and oxygen atoms in total. The van der Waals surface area contributed by atoms with E-state index in [0.29, 0.717) is 5.69 Å². The summed E-state index contributed by atoms with van der Waals surface area (Å²) < 4.78 is 0. The minimum atomic E-state index is -0.580. The molecule has 0 saturated heterocycles. The first-order valence-electron chi connectivity index (χ1n) is 8.24. The van der Waals surface area contributed by atoms with E-state index in [9.17, 15) is 9.90 Å². The third-order valence-corrected chi connectivity index (χ3v) is 4.82. The van der Waals surface area contributed by atoms with E-state index >= 15 is 0 Å². The molecule has 1 aliphatic rings. The van der Waals surface area contributed by atoms with Crippen molar-refractivity contribution in [3.05, 3.63) is 57.9 Å². The molecule has 1 amide bonds. The summed E-state index contributed by atoms with van der Waals surface area (Å²) in [7, 11) is 0. The molecule has 2 atom stereocenters. The summed E-state index contributed by atoms with van der Waals surface area (Å²) in [6.45, 7) is 5.50. The van der Waals surface area contributed by atoms with E-state index in [2.05, 4.69) is 28.5 Å². The van der Waals surface area contributed by atoms with Gasteiger partial charge in [0.2, 0.25) is 0 Å². The molecule has 0 radical (unpaired) electrons. The Hall–Kier alpha value is -2.07. The average molecular weight is 312 g/mol. The topological polar surface area (TPSA) is 65.1 Å². The average Bonchev–Trinajstić information content (AvgIpc) is 2.82. The number of fused-ring (bicyclic) bond motifs is 1. The number of nitrogens with one attached hydrogen (secondary N) is 2. The first kappa shape index (κ1) is 15.8. The molecular formula is C19H24N2O2. The number of hydrogen-bond acceptors (Lipinski definition) is 2. The summed E-state index contributed by atoms with van der Waals surface area (Å²) in [5.41, 5.74) is 5.61. The van der Waals surface area contributed by atoms with E-state index in [1.165, 1.54) is 11.1 Å². The van der Waals surface area contributed by atoms with Crippen molar-refractivity contribution in [3.8, 4) is 0 Å². The highest BCUT2D eigenvalue weighted by Crippen LogP contribution is 2.30. The fourth-order valence-corrected chi connectivity index (χ4v) is 3.75. The zero-order valence-electron chi connectivity index (χ0n) is 13.9. The van der Waals surface area contributed by atoms with Crippen molar-refractivity contribution in [2.75, 3.05) is 0 Å². The van der Waals surface area contributed by atoms with Gasteiger partial charge in [-0.1, -0.05) is 24.3 Å². The summed E-state index contributed by atoms with van der Waals surface area (Å²) in [5, 5.41) is 13.0. The number of aryl methyl sites for hydroxylation is 2. The lowest BCUT2D eigenvalue weighted by Crippen LogP contribution is -2.31. The van der Waals surface area contributed by atoms with Crippen LogP contribution in [0.5, 0.6) is 0 Å². The van der Waals surface area contributed by atoms with Crippen molar-refractivity contribution in [2.24, 2.45) is 0 Å². The van der Waals surface area contributed by atoms with Gasteiger partial charge in [0, 0.05) is 11.3 Å². The second kappa shape index (κ2) is 6.20. The van der Waals surface area contributed by atoms with E-state index in [-0.39, 0.29) is 11.9 Å². The highest BCUT2D eigenvalue weighted by atomic mass is 16.3. The number of benzene rings is 1. The summed E-state index contributed by atoms with van der Waals surface area (Å²) in [4.78, 5) is 15.8. The number of carbonyl (C=O) groups is 1. The summed E-state index contributed by atoms with van der Waals surface area (Å²) in [5.74, 6) is -0.0980. The van der Waals surface area contributed by atoms with Gasteiger partial charge < -0.3 is 15.4 Å². The molecular weight excluding hydrogens is 288 g/mol. The van der Waals surface area contributed by atoms with Crippen LogP contribution >= 0.6 is 0 Å². The van der Waals surface area contributed by atoms with Crippen molar-refractivity contribution >= 4 is 5.91 Å². The number of aliphatic hydroxyl groups excluding tert-OH is 1. The molecule has 1 aromatic carbocycles. The Balaban J connectivity index is 1.85. The van der Waals surface area contributed by atoms with Crippen LogP contribution in [0.1, 0.15) is 70.3 Å². The zero-order valence-corrected chi connectivity index (χ0v) is 13.9. The fraction of sp³-hybridized carbons (Fsp3) is 0.421. The van der Waals surface area contributed by atoms with E-state index in [0.717, 1.165) is 36.1 Å². The molecule has 3 N–H and O–H groups in total.